The van der Waals surface area contributed by atoms with Gasteiger partial charge in [-0.25, -0.2) is 4.98 Å². The van der Waals surface area contributed by atoms with Gasteiger partial charge in [0.1, 0.15) is 5.82 Å². The maximum absolute atomic E-state index is 11.4. The van der Waals surface area contributed by atoms with Crippen molar-refractivity contribution >= 4 is 11.7 Å². The Morgan fingerprint density at radius 2 is 2.16 bits per heavy atom. The van der Waals surface area contributed by atoms with Gasteiger partial charge in [-0.1, -0.05) is 6.07 Å². The van der Waals surface area contributed by atoms with Crippen LogP contribution in [-0.2, 0) is 4.79 Å². The molecule has 1 aromatic rings. The Bertz CT molecular complexity index is 447. The van der Waals surface area contributed by atoms with Gasteiger partial charge in [0.2, 0.25) is 5.91 Å². The first-order valence-corrected chi connectivity index (χ1v) is 6.80. The van der Waals surface area contributed by atoms with E-state index < -0.39 is 0 Å². The Morgan fingerprint density at radius 1 is 1.37 bits per heavy atom. The van der Waals surface area contributed by atoms with Crippen LogP contribution in [0, 0.1) is 0 Å². The molecule has 104 valence electrons. The average Bonchev–Trinajstić information content (AvgIpc) is 2.64. The number of nitrogens with two attached hydrogens (primary N) is 1. The predicted octanol–water partition coefficient (Wildman–Crippen LogP) is 1.16. The van der Waals surface area contributed by atoms with Crippen LogP contribution in [0.25, 0.3) is 0 Å². The fraction of sp³-hybridized carbons (Fsp3) is 0.571. The van der Waals surface area contributed by atoms with Crippen molar-refractivity contribution in [2.75, 3.05) is 31.1 Å². The monoisotopic (exact) mass is 262 g/mol. The second-order valence-corrected chi connectivity index (χ2v) is 5.05. The van der Waals surface area contributed by atoms with E-state index in [0.717, 1.165) is 44.0 Å². The molecule has 0 bridgehead atoms. The molecule has 0 saturated carbocycles. The lowest BCUT2D eigenvalue weighted by atomic mass is 10.1. The fourth-order valence-electron chi connectivity index (χ4n) is 2.47. The lowest BCUT2D eigenvalue weighted by molar-refractivity contribution is -0.128. The Labute approximate surface area is 114 Å². The van der Waals surface area contributed by atoms with Gasteiger partial charge in [-0.05, 0) is 19.4 Å². The van der Waals surface area contributed by atoms with Crippen LogP contribution in [0.4, 0.5) is 5.82 Å². The fourth-order valence-corrected chi connectivity index (χ4v) is 2.47. The highest BCUT2D eigenvalue weighted by Gasteiger charge is 2.20. The van der Waals surface area contributed by atoms with Crippen LogP contribution in [0.2, 0.25) is 0 Å². The molecule has 1 aliphatic heterocycles. The van der Waals surface area contributed by atoms with Crippen LogP contribution in [0.1, 0.15) is 31.9 Å². The van der Waals surface area contributed by atoms with Gasteiger partial charge in [0.15, 0.2) is 0 Å². The number of pyridine rings is 1. The highest BCUT2D eigenvalue weighted by Crippen LogP contribution is 2.23. The Balaban J connectivity index is 2.16. The number of rotatable bonds is 2. The highest BCUT2D eigenvalue weighted by atomic mass is 16.2. The second kappa shape index (κ2) is 6.02. The molecule has 19 heavy (non-hydrogen) atoms. The smallest absolute Gasteiger partial charge is 0.219 e. The number of nitrogens with zero attached hydrogens (tertiary/aromatic N) is 3. The van der Waals surface area contributed by atoms with Crippen LogP contribution in [0.3, 0.4) is 0 Å². The van der Waals surface area contributed by atoms with Crippen molar-refractivity contribution in [1.82, 2.24) is 9.88 Å². The number of hydrogen-bond acceptors (Lipinski definition) is 4. The largest absolute Gasteiger partial charge is 0.355 e. The van der Waals surface area contributed by atoms with Crippen molar-refractivity contribution in [2.24, 2.45) is 5.73 Å². The summed E-state index contributed by atoms with van der Waals surface area (Å²) in [6, 6.07) is 3.92. The molecule has 0 radical (unpaired) electrons. The van der Waals surface area contributed by atoms with Crippen molar-refractivity contribution in [3.05, 3.63) is 23.9 Å². The number of carbonyl (C=O) groups excluding carboxylic acids is 1. The summed E-state index contributed by atoms with van der Waals surface area (Å²) in [5.74, 6) is 1.11. The van der Waals surface area contributed by atoms with E-state index in [4.69, 9.17) is 5.73 Å². The van der Waals surface area contributed by atoms with Crippen molar-refractivity contribution in [3.8, 4) is 0 Å². The summed E-state index contributed by atoms with van der Waals surface area (Å²) in [5, 5.41) is 0. The third-order valence-electron chi connectivity index (χ3n) is 3.55. The van der Waals surface area contributed by atoms with E-state index in [1.807, 2.05) is 24.0 Å². The molecule has 1 atom stereocenters. The summed E-state index contributed by atoms with van der Waals surface area (Å²) in [5.41, 5.74) is 7.07. The van der Waals surface area contributed by atoms with Crippen molar-refractivity contribution in [1.29, 1.82) is 0 Å². The number of hydrogen-bond donors (Lipinski definition) is 1. The Hall–Kier alpha value is -1.62. The molecule has 1 saturated heterocycles. The summed E-state index contributed by atoms with van der Waals surface area (Å²) >= 11 is 0. The normalized spacial score (nSPS) is 18.1. The minimum Gasteiger partial charge on any atom is -0.355 e. The molecule has 2 rings (SSSR count). The van der Waals surface area contributed by atoms with Crippen molar-refractivity contribution < 1.29 is 4.79 Å². The van der Waals surface area contributed by atoms with Gasteiger partial charge in [-0.2, -0.15) is 0 Å². The first-order chi connectivity index (χ1) is 9.09. The first kappa shape index (κ1) is 13.8. The number of carbonyl (C=O) groups is 1. The second-order valence-electron chi connectivity index (χ2n) is 5.05. The van der Waals surface area contributed by atoms with Gasteiger partial charge in [0, 0.05) is 50.9 Å². The molecular formula is C14H22N4O. The Morgan fingerprint density at radius 3 is 2.84 bits per heavy atom. The lowest BCUT2D eigenvalue weighted by Crippen LogP contribution is -2.34. The maximum Gasteiger partial charge on any atom is 0.219 e. The molecule has 1 amide bonds. The lowest BCUT2D eigenvalue weighted by Gasteiger charge is -2.25. The van der Waals surface area contributed by atoms with Gasteiger partial charge >= 0.3 is 0 Å². The number of anilines is 1. The quantitative estimate of drug-likeness (QED) is 0.868. The zero-order chi connectivity index (χ0) is 13.8. The predicted molar refractivity (Wildman–Crippen MR) is 75.9 cm³/mol. The van der Waals surface area contributed by atoms with E-state index >= 15 is 0 Å². The van der Waals surface area contributed by atoms with Crippen molar-refractivity contribution in [2.45, 2.75) is 26.3 Å². The van der Waals surface area contributed by atoms with E-state index in [-0.39, 0.29) is 11.9 Å². The zero-order valence-electron chi connectivity index (χ0n) is 11.7. The van der Waals surface area contributed by atoms with Gasteiger partial charge in [-0.15, -0.1) is 0 Å². The minimum absolute atomic E-state index is 0.0316. The van der Waals surface area contributed by atoms with E-state index in [1.165, 1.54) is 0 Å². The minimum atomic E-state index is -0.0316. The molecule has 0 aromatic carbocycles. The maximum atomic E-state index is 11.4. The van der Waals surface area contributed by atoms with E-state index in [0.29, 0.717) is 0 Å². The molecule has 0 spiro atoms. The third-order valence-corrected chi connectivity index (χ3v) is 3.55. The molecule has 2 heterocycles. The summed E-state index contributed by atoms with van der Waals surface area (Å²) < 4.78 is 0. The summed E-state index contributed by atoms with van der Waals surface area (Å²) in [7, 11) is 0. The molecule has 1 fully saturated rings. The van der Waals surface area contributed by atoms with Crippen molar-refractivity contribution in [3.63, 3.8) is 0 Å². The molecule has 2 N–H and O–H groups in total. The van der Waals surface area contributed by atoms with Gasteiger partial charge in [0.25, 0.3) is 0 Å². The summed E-state index contributed by atoms with van der Waals surface area (Å²) in [6.45, 7) is 6.91. The zero-order valence-corrected chi connectivity index (χ0v) is 11.7. The molecule has 1 unspecified atom stereocenters. The SMILES string of the molecule is CC(=O)N1CCCN(c2ncccc2C(C)N)CC1. The van der Waals surface area contributed by atoms with Gasteiger partial charge in [0.05, 0.1) is 0 Å². The van der Waals surface area contributed by atoms with Crippen LogP contribution >= 0.6 is 0 Å². The van der Waals surface area contributed by atoms with Crippen LogP contribution in [0.5, 0.6) is 0 Å². The molecule has 5 heteroatoms. The van der Waals surface area contributed by atoms with Crippen LogP contribution in [-0.4, -0.2) is 42.0 Å². The van der Waals surface area contributed by atoms with E-state index in [9.17, 15) is 4.79 Å². The number of aromatic nitrogens is 1. The van der Waals surface area contributed by atoms with Crippen LogP contribution < -0.4 is 10.6 Å². The Kier molecular flexibility index (Phi) is 4.37. The third kappa shape index (κ3) is 3.23. The molecule has 5 nitrogen and oxygen atoms in total. The molecule has 1 aliphatic rings. The topological polar surface area (TPSA) is 62.5 Å². The van der Waals surface area contributed by atoms with E-state index in [2.05, 4.69) is 9.88 Å². The first-order valence-electron chi connectivity index (χ1n) is 6.80. The standard InChI is InChI=1S/C14H22N4O/c1-11(15)13-5-3-6-16-14(13)18-8-4-7-17(9-10-18)12(2)19/h3,5-6,11H,4,7-10,15H2,1-2H3. The van der Waals surface area contributed by atoms with E-state index in [1.54, 1.807) is 13.1 Å². The summed E-state index contributed by atoms with van der Waals surface area (Å²) in [4.78, 5) is 20.1. The molecular weight excluding hydrogens is 240 g/mol. The molecule has 0 aliphatic carbocycles. The highest BCUT2D eigenvalue weighted by molar-refractivity contribution is 5.73. The molecule has 1 aromatic heterocycles. The van der Waals surface area contributed by atoms with Gasteiger partial charge < -0.3 is 15.5 Å². The van der Waals surface area contributed by atoms with Crippen LogP contribution in [0.15, 0.2) is 18.3 Å². The average molecular weight is 262 g/mol. The summed E-state index contributed by atoms with van der Waals surface area (Å²) in [6.07, 6.45) is 2.77. The van der Waals surface area contributed by atoms with Gasteiger partial charge in [-0.3, -0.25) is 4.79 Å². The number of amides is 1.